The number of sulfone groups is 1. The molecule has 0 radical (unpaired) electrons. The number of amides is 1. The van der Waals surface area contributed by atoms with Crippen molar-refractivity contribution in [3.8, 4) is 0 Å². The van der Waals surface area contributed by atoms with Crippen LogP contribution in [0.1, 0.15) is 56.4 Å². The molecule has 0 atom stereocenters. The average molecular weight is 476 g/mol. The summed E-state index contributed by atoms with van der Waals surface area (Å²) in [5, 5.41) is 7.52. The van der Waals surface area contributed by atoms with Crippen molar-refractivity contribution in [1.29, 1.82) is 5.41 Å². The Balaban J connectivity index is 1.26. The molecule has 3 fully saturated rings. The number of hydrogen-bond acceptors (Lipinski definition) is 5. The van der Waals surface area contributed by atoms with Crippen LogP contribution in [0.4, 0.5) is 0 Å². The van der Waals surface area contributed by atoms with Gasteiger partial charge >= 0.3 is 0 Å². The van der Waals surface area contributed by atoms with Gasteiger partial charge in [0.2, 0.25) is 5.91 Å². The molecule has 1 saturated carbocycles. The maximum atomic E-state index is 13.0. The van der Waals surface area contributed by atoms with Gasteiger partial charge in [-0.15, -0.1) is 0 Å². The number of piperidine rings is 1. The third kappa shape index (κ3) is 5.87. The number of guanidine groups is 1. The third-order valence-corrected chi connectivity index (χ3v) is 9.23. The zero-order valence-electron chi connectivity index (χ0n) is 19.4. The number of likely N-dealkylation sites (tertiary alicyclic amines) is 1. The summed E-state index contributed by atoms with van der Waals surface area (Å²) in [5.41, 5.74) is 6.80. The van der Waals surface area contributed by atoms with Crippen molar-refractivity contribution in [1.82, 2.24) is 14.7 Å². The van der Waals surface area contributed by atoms with E-state index in [0.717, 1.165) is 0 Å². The fourth-order valence-corrected chi connectivity index (χ4v) is 6.86. The fraction of sp³-hybridized carbons (Fsp3) is 0.667. The molecule has 33 heavy (non-hydrogen) atoms. The lowest BCUT2D eigenvalue weighted by Crippen LogP contribution is -2.53. The van der Waals surface area contributed by atoms with Crippen molar-refractivity contribution in [3.05, 3.63) is 29.8 Å². The Morgan fingerprint density at radius 1 is 0.879 bits per heavy atom. The van der Waals surface area contributed by atoms with Crippen LogP contribution < -0.4 is 5.73 Å². The van der Waals surface area contributed by atoms with Crippen LogP contribution in [0, 0.1) is 11.3 Å². The number of carbonyl (C=O) groups excluding carboxylic acids is 1. The number of benzene rings is 1. The van der Waals surface area contributed by atoms with Crippen LogP contribution in [0.2, 0.25) is 0 Å². The molecule has 0 bridgehead atoms. The Kier molecular flexibility index (Phi) is 7.58. The van der Waals surface area contributed by atoms with Gasteiger partial charge < -0.3 is 15.5 Å². The molecule has 1 aliphatic carbocycles. The van der Waals surface area contributed by atoms with E-state index < -0.39 is 9.84 Å². The number of piperazine rings is 1. The lowest BCUT2D eigenvalue weighted by molar-refractivity contribution is -0.138. The second kappa shape index (κ2) is 10.4. The zero-order valence-corrected chi connectivity index (χ0v) is 20.2. The molecule has 3 aliphatic rings. The zero-order chi connectivity index (χ0) is 23.4. The maximum absolute atomic E-state index is 13.0. The molecule has 8 nitrogen and oxygen atoms in total. The second-order valence-electron chi connectivity index (χ2n) is 9.74. The number of carbonyl (C=O) groups is 1. The van der Waals surface area contributed by atoms with Crippen molar-refractivity contribution in [3.63, 3.8) is 0 Å². The van der Waals surface area contributed by atoms with Gasteiger partial charge in [-0.2, -0.15) is 0 Å². The van der Waals surface area contributed by atoms with Crippen LogP contribution in [0.5, 0.6) is 0 Å². The molecule has 0 aromatic heterocycles. The van der Waals surface area contributed by atoms with Crippen molar-refractivity contribution in [2.45, 2.75) is 55.8 Å². The van der Waals surface area contributed by atoms with Gasteiger partial charge in [0.1, 0.15) is 5.88 Å². The van der Waals surface area contributed by atoms with Gasteiger partial charge in [-0.1, -0.05) is 31.4 Å². The van der Waals surface area contributed by atoms with Gasteiger partial charge in [0, 0.05) is 45.2 Å². The smallest absolute Gasteiger partial charge is 0.225 e. The fourth-order valence-electron chi connectivity index (χ4n) is 5.42. The Bertz CT molecular complexity index is 927. The number of hydrogen-bond donors (Lipinski definition) is 2. The first-order valence-corrected chi connectivity index (χ1v) is 13.9. The van der Waals surface area contributed by atoms with Gasteiger partial charge in [-0.25, -0.2) is 8.42 Å². The molecular weight excluding hydrogens is 438 g/mol. The van der Waals surface area contributed by atoms with E-state index >= 15 is 0 Å². The van der Waals surface area contributed by atoms with E-state index in [4.69, 9.17) is 11.1 Å². The summed E-state index contributed by atoms with van der Waals surface area (Å²) in [6.45, 7) is 3.53. The van der Waals surface area contributed by atoms with Crippen molar-refractivity contribution < 1.29 is 13.2 Å². The number of nitrogens with one attached hydrogen (secondary N) is 1. The van der Waals surface area contributed by atoms with Crippen molar-refractivity contribution in [2.24, 2.45) is 11.7 Å². The van der Waals surface area contributed by atoms with Crippen LogP contribution >= 0.6 is 0 Å². The van der Waals surface area contributed by atoms with E-state index in [9.17, 15) is 13.2 Å². The predicted octanol–water partition coefficient (Wildman–Crippen LogP) is 2.22. The van der Waals surface area contributed by atoms with Crippen LogP contribution in [0.25, 0.3) is 0 Å². The van der Waals surface area contributed by atoms with E-state index in [1.807, 2.05) is 21.9 Å². The van der Waals surface area contributed by atoms with Crippen LogP contribution in [0.15, 0.2) is 29.2 Å². The monoisotopic (exact) mass is 475 g/mol. The molecule has 3 N–H and O–H groups in total. The van der Waals surface area contributed by atoms with Gasteiger partial charge in [0.25, 0.3) is 0 Å². The van der Waals surface area contributed by atoms with Gasteiger partial charge in [0.05, 0.1) is 4.90 Å². The molecule has 1 aromatic rings. The van der Waals surface area contributed by atoms with Gasteiger partial charge in [0.15, 0.2) is 15.8 Å². The summed E-state index contributed by atoms with van der Waals surface area (Å²) in [5.74, 6) is 0.752. The Hall–Kier alpha value is -2.13. The Morgan fingerprint density at radius 3 is 2.06 bits per heavy atom. The molecule has 1 aromatic carbocycles. The van der Waals surface area contributed by atoms with Crippen LogP contribution in [0.3, 0.4) is 0 Å². The minimum atomic E-state index is -3.39. The van der Waals surface area contributed by atoms with Crippen molar-refractivity contribution in [2.75, 3.05) is 45.1 Å². The highest BCUT2D eigenvalue weighted by Gasteiger charge is 2.31. The number of rotatable bonds is 5. The molecule has 0 spiro atoms. The van der Waals surface area contributed by atoms with Gasteiger partial charge in [-0.3, -0.25) is 15.1 Å². The minimum Gasteiger partial charge on any atom is -0.370 e. The van der Waals surface area contributed by atoms with Crippen molar-refractivity contribution >= 4 is 21.7 Å². The van der Waals surface area contributed by atoms with Crippen LogP contribution in [-0.4, -0.2) is 80.1 Å². The molecule has 1 amide bonds. The molecule has 2 heterocycles. The highest BCUT2D eigenvalue weighted by Crippen LogP contribution is 2.33. The van der Waals surface area contributed by atoms with E-state index in [0.29, 0.717) is 62.9 Å². The number of nitrogens with two attached hydrogens (primary N) is 1. The SMILES string of the molecule is N=C(N)N1CCC(C(=O)N2CCN(CS(=O)(=O)c3ccc(C4CCCCC4)cc3)CC2)CC1. The minimum absolute atomic E-state index is 0.00515. The molecule has 2 aliphatic heterocycles. The highest BCUT2D eigenvalue weighted by molar-refractivity contribution is 7.91. The highest BCUT2D eigenvalue weighted by atomic mass is 32.2. The van der Waals surface area contributed by atoms with Gasteiger partial charge in [-0.05, 0) is 49.3 Å². The van der Waals surface area contributed by atoms with E-state index in [-0.39, 0.29) is 23.7 Å². The topological polar surface area (TPSA) is 111 Å². The summed E-state index contributed by atoms with van der Waals surface area (Å²) in [6.07, 6.45) is 7.65. The average Bonchev–Trinajstić information content (AvgIpc) is 2.84. The first-order chi connectivity index (χ1) is 15.8. The Morgan fingerprint density at radius 2 is 1.48 bits per heavy atom. The molecule has 9 heteroatoms. The lowest BCUT2D eigenvalue weighted by Gasteiger charge is -2.38. The first kappa shape index (κ1) is 24.0. The van der Waals surface area contributed by atoms with E-state index in [1.54, 1.807) is 17.0 Å². The first-order valence-electron chi connectivity index (χ1n) is 12.3. The molecular formula is C24H37N5O3S. The van der Waals surface area contributed by atoms with Crippen LogP contribution in [-0.2, 0) is 14.6 Å². The molecule has 2 saturated heterocycles. The summed E-state index contributed by atoms with van der Waals surface area (Å²) in [6, 6.07) is 7.53. The van der Waals surface area contributed by atoms with E-state index in [2.05, 4.69) is 0 Å². The largest absolute Gasteiger partial charge is 0.370 e. The summed E-state index contributed by atoms with van der Waals surface area (Å²) < 4.78 is 26.0. The normalized spacial score (nSPS) is 21.8. The second-order valence-corrected chi connectivity index (χ2v) is 11.7. The quantitative estimate of drug-likeness (QED) is 0.499. The molecule has 182 valence electrons. The lowest BCUT2D eigenvalue weighted by atomic mass is 9.84. The number of nitrogens with zero attached hydrogens (tertiary/aromatic N) is 3. The molecule has 0 unspecified atom stereocenters. The maximum Gasteiger partial charge on any atom is 0.225 e. The summed E-state index contributed by atoms with van der Waals surface area (Å²) in [4.78, 5) is 18.9. The Labute approximate surface area is 197 Å². The van der Waals surface area contributed by atoms with E-state index in [1.165, 1.54) is 37.7 Å². The standard InChI is InChI=1S/C24H37N5O3S/c25-24(26)29-12-10-21(11-13-29)23(30)28-16-14-27(15-17-28)18-33(31,32)22-8-6-20(7-9-22)19-4-2-1-3-5-19/h6-9,19,21H,1-5,10-18H2,(H3,25,26). The third-order valence-electron chi connectivity index (χ3n) is 7.54. The summed E-state index contributed by atoms with van der Waals surface area (Å²) in [7, 11) is -3.39. The predicted molar refractivity (Wildman–Crippen MR) is 129 cm³/mol. The molecule has 4 rings (SSSR count). The summed E-state index contributed by atoms with van der Waals surface area (Å²) >= 11 is 0.